The van der Waals surface area contributed by atoms with E-state index in [0.29, 0.717) is 20.2 Å². The molecule has 1 heterocycles. The molecule has 0 saturated heterocycles. The van der Waals surface area contributed by atoms with Crippen molar-refractivity contribution in [2.24, 2.45) is 5.73 Å². The lowest BCUT2D eigenvalue weighted by atomic mass is 9.81. The number of hydrogen-bond acceptors (Lipinski definition) is 7. The highest BCUT2D eigenvalue weighted by atomic mass is 79.9. The summed E-state index contributed by atoms with van der Waals surface area (Å²) >= 11 is 6.86. The first-order valence-electron chi connectivity index (χ1n) is 8.96. The Kier molecular flexibility index (Phi) is 6.83. The van der Waals surface area contributed by atoms with Gasteiger partial charge in [-0.05, 0) is 39.7 Å². The number of nitrogens with zero attached hydrogens (tertiary/aromatic N) is 2. The summed E-state index contributed by atoms with van der Waals surface area (Å²) in [6.45, 7) is 0. The summed E-state index contributed by atoms with van der Waals surface area (Å²) in [5.41, 5.74) is 7.43. The Morgan fingerprint density at radius 3 is 2.29 bits per heavy atom. The summed E-state index contributed by atoms with van der Waals surface area (Å²) in [6.07, 6.45) is 0. The van der Waals surface area contributed by atoms with Gasteiger partial charge in [-0.2, -0.15) is 5.26 Å². The summed E-state index contributed by atoms with van der Waals surface area (Å²) in [5, 5.41) is 10.0. The number of anilines is 1. The quantitative estimate of drug-likeness (QED) is 0.575. The molecule has 3 rings (SSSR count). The Morgan fingerprint density at radius 1 is 1.06 bits per heavy atom. The third-order valence-electron chi connectivity index (χ3n) is 4.76. The zero-order valence-electron chi connectivity index (χ0n) is 16.6. The van der Waals surface area contributed by atoms with E-state index in [1.165, 1.54) is 19.1 Å². The standard InChI is InChI=1S/C22H17Br2N3O4/c1-30-21(28)18-17(12-6-4-3-5-7-12)14(11-25)20(26)27(19(18)22(29)31-2)16-10-13(23)8-9-15(16)24/h3-10,17H,26H2,1-2H3. The minimum absolute atomic E-state index is 0.00297. The van der Waals surface area contributed by atoms with E-state index in [9.17, 15) is 14.9 Å². The molecule has 7 nitrogen and oxygen atoms in total. The lowest BCUT2D eigenvalue weighted by Gasteiger charge is -2.36. The van der Waals surface area contributed by atoms with Gasteiger partial charge in [0.1, 0.15) is 11.5 Å². The summed E-state index contributed by atoms with van der Waals surface area (Å²) in [7, 11) is 2.41. The highest BCUT2D eigenvalue weighted by Crippen LogP contribution is 2.45. The Bertz CT molecular complexity index is 1150. The number of allylic oxidation sites excluding steroid dienone is 1. The monoisotopic (exact) mass is 545 g/mol. The molecule has 2 N–H and O–H groups in total. The number of esters is 2. The minimum atomic E-state index is -0.907. The van der Waals surface area contributed by atoms with Gasteiger partial charge < -0.3 is 15.2 Å². The van der Waals surface area contributed by atoms with Crippen LogP contribution in [0.2, 0.25) is 0 Å². The van der Waals surface area contributed by atoms with Crippen LogP contribution in [0.4, 0.5) is 5.69 Å². The van der Waals surface area contributed by atoms with Crippen molar-refractivity contribution in [1.82, 2.24) is 0 Å². The molecule has 0 spiro atoms. The number of hydrogen-bond donors (Lipinski definition) is 1. The molecule has 0 aromatic heterocycles. The fourth-order valence-corrected chi connectivity index (χ4v) is 4.19. The topological polar surface area (TPSA) is 106 Å². The van der Waals surface area contributed by atoms with Gasteiger partial charge in [0.05, 0.1) is 43.0 Å². The predicted molar refractivity (Wildman–Crippen MR) is 121 cm³/mol. The van der Waals surface area contributed by atoms with Crippen molar-refractivity contribution in [1.29, 1.82) is 5.26 Å². The van der Waals surface area contributed by atoms with Crippen LogP contribution in [0.25, 0.3) is 0 Å². The number of carbonyl (C=O) groups is 2. The maximum absolute atomic E-state index is 13.0. The van der Waals surface area contributed by atoms with E-state index in [1.54, 1.807) is 48.5 Å². The number of nitrogens with two attached hydrogens (primary N) is 1. The molecule has 158 valence electrons. The number of benzene rings is 2. The third kappa shape index (κ3) is 4.09. The zero-order chi connectivity index (χ0) is 22.7. The first-order chi connectivity index (χ1) is 14.8. The number of nitriles is 1. The largest absolute Gasteiger partial charge is 0.466 e. The van der Waals surface area contributed by atoms with Crippen LogP contribution in [-0.4, -0.2) is 26.2 Å². The molecule has 1 aliphatic rings. The predicted octanol–water partition coefficient (Wildman–Crippen LogP) is 4.11. The molecular formula is C22H17Br2N3O4. The van der Waals surface area contributed by atoms with Gasteiger partial charge in [-0.1, -0.05) is 46.3 Å². The second kappa shape index (κ2) is 9.37. The molecule has 0 amide bonds. The fourth-order valence-electron chi connectivity index (χ4n) is 3.42. The van der Waals surface area contributed by atoms with Crippen molar-refractivity contribution in [2.75, 3.05) is 19.1 Å². The van der Waals surface area contributed by atoms with Crippen LogP contribution in [0.1, 0.15) is 11.5 Å². The molecular weight excluding hydrogens is 530 g/mol. The van der Waals surface area contributed by atoms with E-state index in [4.69, 9.17) is 15.2 Å². The van der Waals surface area contributed by atoms with Gasteiger partial charge in [0.2, 0.25) is 0 Å². The highest BCUT2D eigenvalue weighted by Gasteiger charge is 2.43. The molecule has 1 unspecified atom stereocenters. The van der Waals surface area contributed by atoms with Gasteiger partial charge in [-0.25, -0.2) is 9.59 Å². The molecule has 0 saturated carbocycles. The average Bonchev–Trinajstić information content (AvgIpc) is 2.79. The molecule has 31 heavy (non-hydrogen) atoms. The van der Waals surface area contributed by atoms with Gasteiger partial charge >= 0.3 is 11.9 Å². The number of carbonyl (C=O) groups excluding carboxylic acids is 2. The average molecular weight is 547 g/mol. The Hall–Kier alpha value is -3.09. The number of ether oxygens (including phenoxy) is 2. The summed E-state index contributed by atoms with van der Waals surface area (Å²) < 4.78 is 11.3. The second-order valence-electron chi connectivity index (χ2n) is 6.43. The summed E-state index contributed by atoms with van der Waals surface area (Å²) in [4.78, 5) is 27.3. The second-order valence-corrected chi connectivity index (χ2v) is 8.20. The van der Waals surface area contributed by atoms with E-state index in [2.05, 4.69) is 37.9 Å². The van der Waals surface area contributed by atoms with Gasteiger partial charge in [-0.3, -0.25) is 4.90 Å². The summed E-state index contributed by atoms with van der Waals surface area (Å²) in [5.74, 6) is -2.48. The molecule has 0 fully saturated rings. The Balaban J connectivity index is 2.45. The van der Waals surface area contributed by atoms with E-state index in [1.807, 2.05) is 0 Å². The maximum Gasteiger partial charge on any atom is 0.355 e. The first kappa shape index (κ1) is 22.6. The minimum Gasteiger partial charge on any atom is -0.466 e. The van der Waals surface area contributed by atoms with Gasteiger partial charge in [0.25, 0.3) is 0 Å². The van der Waals surface area contributed by atoms with Crippen molar-refractivity contribution in [3.8, 4) is 6.07 Å². The van der Waals surface area contributed by atoms with Crippen molar-refractivity contribution in [2.45, 2.75) is 5.92 Å². The Labute approximate surface area is 196 Å². The van der Waals surface area contributed by atoms with Crippen LogP contribution in [0, 0.1) is 11.3 Å². The lowest BCUT2D eigenvalue weighted by molar-refractivity contribution is -0.139. The molecule has 0 bridgehead atoms. The first-order valence-corrected chi connectivity index (χ1v) is 10.5. The molecule has 2 aromatic rings. The molecule has 1 aliphatic heterocycles. The molecule has 9 heteroatoms. The number of methoxy groups -OCH3 is 2. The molecule has 2 aromatic carbocycles. The van der Waals surface area contributed by atoms with Crippen LogP contribution in [0.15, 0.2) is 80.1 Å². The third-order valence-corrected chi connectivity index (χ3v) is 5.92. The van der Waals surface area contributed by atoms with E-state index >= 15 is 0 Å². The van der Waals surface area contributed by atoms with Crippen LogP contribution in [0.5, 0.6) is 0 Å². The zero-order valence-corrected chi connectivity index (χ0v) is 19.7. The maximum atomic E-state index is 13.0. The number of rotatable bonds is 4. The smallest absolute Gasteiger partial charge is 0.355 e. The van der Waals surface area contributed by atoms with Crippen LogP contribution < -0.4 is 10.6 Å². The number of halogens is 2. The van der Waals surface area contributed by atoms with E-state index in [-0.39, 0.29) is 22.7 Å². The van der Waals surface area contributed by atoms with Crippen molar-refractivity contribution >= 4 is 49.5 Å². The van der Waals surface area contributed by atoms with Crippen LogP contribution in [-0.2, 0) is 19.1 Å². The summed E-state index contributed by atoms with van der Waals surface area (Å²) in [6, 6.07) is 16.2. The molecule has 0 radical (unpaired) electrons. The van der Waals surface area contributed by atoms with Gasteiger partial charge in [0, 0.05) is 8.95 Å². The van der Waals surface area contributed by atoms with Crippen LogP contribution >= 0.6 is 31.9 Å². The van der Waals surface area contributed by atoms with Crippen molar-refractivity contribution < 1.29 is 19.1 Å². The lowest BCUT2D eigenvalue weighted by Crippen LogP contribution is -2.41. The van der Waals surface area contributed by atoms with Gasteiger partial charge in [-0.15, -0.1) is 0 Å². The van der Waals surface area contributed by atoms with E-state index in [0.717, 1.165) is 0 Å². The van der Waals surface area contributed by atoms with Crippen LogP contribution in [0.3, 0.4) is 0 Å². The van der Waals surface area contributed by atoms with Crippen molar-refractivity contribution in [3.05, 3.63) is 85.7 Å². The Morgan fingerprint density at radius 2 is 1.71 bits per heavy atom. The SMILES string of the molecule is COC(=O)C1=C(C(=O)OC)N(c2cc(Br)ccc2Br)C(N)=C(C#N)C1c1ccccc1. The van der Waals surface area contributed by atoms with Crippen molar-refractivity contribution in [3.63, 3.8) is 0 Å². The fraction of sp³-hybridized carbons (Fsp3) is 0.136. The highest BCUT2D eigenvalue weighted by molar-refractivity contribution is 9.11. The van der Waals surface area contributed by atoms with Gasteiger partial charge in [0.15, 0.2) is 0 Å². The molecule has 0 aliphatic carbocycles. The normalized spacial score (nSPS) is 16.1. The van der Waals surface area contributed by atoms with E-state index < -0.39 is 17.9 Å². The molecule has 1 atom stereocenters.